The Labute approximate surface area is 198 Å². The quantitative estimate of drug-likeness (QED) is 0.445. The Morgan fingerprint density at radius 2 is 1.77 bits per heavy atom. The molecule has 10 heteroatoms. The Bertz CT molecular complexity index is 1500. The molecule has 6 rings (SSSR count). The Morgan fingerprint density at radius 1 is 0.971 bits per heavy atom. The molecule has 3 heterocycles. The van der Waals surface area contributed by atoms with Gasteiger partial charge in [0, 0.05) is 36.1 Å². The largest absolute Gasteiger partial charge is 0.383 e. The fourth-order valence-corrected chi connectivity index (χ4v) is 4.80. The van der Waals surface area contributed by atoms with Crippen LogP contribution in [0.2, 0.25) is 0 Å². The van der Waals surface area contributed by atoms with Crippen molar-refractivity contribution in [2.45, 2.75) is 24.9 Å². The van der Waals surface area contributed by atoms with Crippen LogP contribution in [0.1, 0.15) is 30.5 Å². The summed E-state index contributed by atoms with van der Waals surface area (Å²) in [5.74, 6) is -2.18. The van der Waals surface area contributed by atoms with Crippen LogP contribution in [0.3, 0.4) is 0 Å². The molecule has 1 aliphatic carbocycles. The molecule has 2 N–H and O–H groups in total. The van der Waals surface area contributed by atoms with Crippen molar-refractivity contribution in [1.82, 2.24) is 19.4 Å². The maximum absolute atomic E-state index is 15.5. The van der Waals surface area contributed by atoms with Crippen molar-refractivity contribution in [3.63, 3.8) is 0 Å². The van der Waals surface area contributed by atoms with Crippen LogP contribution in [-0.4, -0.2) is 39.1 Å². The van der Waals surface area contributed by atoms with E-state index in [9.17, 15) is 13.6 Å². The topological polar surface area (TPSA) is 80.3 Å². The molecule has 2 fully saturated rings. The minimum absolute atomic E-state index is 0.168. The number of hydrogen-bond acceptors (Lipinski definition) is 4. The lowest BCUT2D eigenvalue weighted by molar-refractivity contribution is 0.219. The average Bonchev–Trinajstić information content (AvgIpc) is 3.54. The van der Waals surface area contributed by atoms with Gasteiger partial charge in [-0.15, -0.1) is 0 Å². The first-order valence-corrected chi connectivity index (χ1v) is 11.2. The van der Waals surface area contributed by atoms with Crippen LogP contribution < -0.4 is 10.6 Å². The molecule has 1 atom stereocenters. The number of fused-ring (bicyclic) bond motifs is 1. The van der Waals surface area contributed by atoms with Gasteiger partial charge in [-0.2, -0.15) is 0 Å². The van der Waals surface area contributed by atoms with Gasteiger partial charge >= 0.3 is 6.03 Å². The number of carbonyl (C=O) groups excluding carboxylic acids is 1. The highest BCUT2D eigenvalue weighted by molar-refractivity contribution is 6.01. The van der Waals surface area contributed by atoms with E-state index in [1.54, 1.807) is 19.2 Å². The predicted molar refractivity (Wildman–Crippen MR) is 125 cm³/mol. The summed E-state index contributed by atoms with van der Waals surface area (Å²) in [7, 11) is 1.58. The van der Waals surface area contributed by atoms with Crippen LogP contribution in [0.5, 0.6) is 0 Å². The first-order valence-electron chi connectivity index (χ1n) is 11.2. The monoisotopic (exact) mass is 478 g/mol. The summed E-state index contributed by atoms with van der Waals surface area (Å²) in [5, 5.41) is 0.599. The van der Waals surface area contributed by atoms with Crippen LogP contribution in [0.25, 0.3) is 22.2 Å². The van der Waals surface area contributed by atoms with Gasteiger partial charge in [-0.05, 0) is 48.7 Å². The van der Waals surface area contributed by atoms with Crippen molar-refractivity contribution < 1.29 is 18.0 Å². The van der Waals surface area contributed by atoms with E-state index in [1.807, 2.05) is 10.8 Å². The Balaban J connectivity index is 1.36. The first-order chi connectivity index (χ1) is 16.8. The number of hydrogen-bond donors (Lipinski definition) is 1. The van der Waals surface area contributed by atoms with E-state index < -0.39 is 23.5 Å². The van der Waals surface area contributed by atoms with E-state index in [4.69, 9.17) is 5.73 Å². The number of halogens is 3. The molecule has 1 unspecified atom stereocenters. The van der Waals surface area contributed by atoms with Crippen molar-refractivity contribution in [2.24, 2.45) is 0 Å². The van der Waals surface area contributed by atoms with Gasteiger partial charge in [0.25, 0.3) is 0 Å². The second kappa shape index (κ2) is 7.72. The van der Waals surface area contributed by atoms with Crippen LogP contribution >= 0.6 is 0 Å². The molecule has 1 saturated carbocycles. The number of carbonyl (C=O) groups is 1. The highest BCUT2D eigenvalue weighted by atomic mass is 19.2. The number of amides is 2. The second-order valence-corrected chi connectivity index (χ2v) is 9.00. The number of nitrogen functional groups attached to an aromatic ring is 1. The van der Waals surface area contributed by atoms with Crippen molar-refractivity contribution in [1.29, 1.82) is 0 Å². The summed E-state index contributed by atoms with van der Waals surface area (Å²) >= 11 is 0. The number of nitrogens with two attached hydrogens (primary N) is 1. The first kappa shape index (κ1) is 21.5. The zero-order chi connectivity index (χ0) is 24.4. The lowest BCUT2D eigenvalue weighted by Crippen LogP contribution is -2.29. The SMILES string of the molecule is CN1C(=O)N(c2ccc(-c3cn(C4CC4)c4ncnc(N)c34)c(F)c2)CC1c1ccc(F)c(F)c1. The summed E-state index contributed by atoms with van der Waals surface area (Å²) in [6.07, 6.45) is 5.31. The minimum atomic E-state index is -0.981. The molecule has 35 heavy (non-hydrogen) atoms. The molecular formula is C25H21F3N6O. The molecule has 7 nitrogen and oxygen atoms in total. The molecule has 178 valence electrons. The summed E-state index contributed by atoms with van der Waals surface area (Å²) in [5.41, 5.74) is 8.56. The fourth-order valence-electron chi connectivity index (χ4n) is 4.80. The molecular weight excluding hydrogens is 457 g/mol. The maximum Gasteiger partial charge on any atom is 0.324 e. The Kier molecular flexibility index (Phi) is 4.73. The van der Waals surface area contributed by atoms with E-state index in [1.165, 1.54) is 28.3 Å². The Hall–Kier alpha value is -4.08. The van der Waals surface area contributed by atoms with E-state index >= 15 is 4.39 Å². The van der Waals surface area contributed by atoms with Crippen LogP contribution in [0.15, 0.2) is 48.9 Å². The molecule has 2 aliphatic rings. The average molecular weight is 478 g/mol. The third-order valence-corrected chi connectivity index (χ3v) is 6.82. The van der Waals surface area contributed by atoms with E-state index in [0.717, 1.165) is 25.0 Å². The number of likely N-dealkylation sites (N-methyl/N-ethyl adjacent to an activating group) is 1. The summed E-state index contributed by atoms with van der Waals surface area (Å²) in [6, 6.07) is 7.58. The van der Waals surface area contributed by atoms with Crippen LogP contribution in [-0.2, 0) is 0 Å². The predicted octanol–water partition coefficient (Wildman–Crippen LogP) is 5.05. The molecule has 2 aromatic carbocycles. The summed E-state index contributed by atoms with van der Waals surface area (Å²) < 4.78 is 44.6. The van der Waals surface area contributed by atoms with Gasteiger partial charge in [0.05, 0.1) is 18.0 Å². The van der Waals surface area contributed by atoms with Crippen molar-refractivity contribution in [2.75, 3.05) is 24.2 Å². The molecule has 2 amide bonds. The zero-order valence-electron chi connectivity index (χ0n) is 18.8. The summed E-state index contributed by atoms with van der Waals surface area (Å²) in [6.45, 7) is 0.168. The van der Waals surface area contributed by atoms with E-state index in [-0.39, 0.29) is 18.4 Å². The highest BCUT2D eigenvalue weighted by Gasteiger charge is 2.37. The smallest absolute Gasteiger partial charge is 0.324 e. The molecule has 4 aromatic rings. The van der Waals surface area contributed by atoms with Gasteiger partial charge in [-0.1, -0.05) is 6.07 Å². The van der Waals surface area contributed by atoms with Gasteiger partial charge < -0.3 is 15.2 Å². The van der Waals surface area contributed by atoms with Gasteiger partial charge in [0.1, 0.15) is 23.6 Å². The standard InChI is InChI=1S/C25H21F3N6O/c1-32-21(13-2-7-18(26)20(28)8-13)11-34(25(32)35)15-5-6-16(19(27)9-15)17-10-33(14-3-4-14)24-22(17)23(29)30-12-31-24/h2,5-10,12,14,21H,3-4,11H2,1H3,(H2,29,30,31). The fraction of sp³-hybridized carbons (Fsp3) is 0.240. The molecule has 1 aliphatic heterocycles. The molecule has 0 bridgehead atoms. The number of rotatable bonds is 4. The van der Waals surface area contributed by atoms with Crippen LogP contribution in [0, 0.1) is 17.5 Å². The van der Waals surface area contributed by atoms with Gasteiger partial charge in [0.15, 0.2) is 11.6 Å². The molecule has 2 aromatic heterocycles. The number of anilines is 2. The maximum atomic E-state index is 15.5. The Morgan fingerprint density at radius 3 is 2.49 bits per heavy atom. The number of urea groups is 1. The number of benzene rings is 2. The summed E-state index contributed by atoms with van der Waals surface area (Å²) in [4.78, 5) is 24.2. The van der Waals surface area contributed by atoms with Crippen molar-refractivity contribution in [3.8, 4) is 11.1 Å². The number of nitrogens with zero attached hydrogens (tertiary/aromatic N) is 5. The third-order valence-electron chi connectivity index (χ3n) is 6.82. The molecule has 0 spiro atoms. The van der Waals surface area contributed by atoms with Gasteiger partial charge in [-0.25, -0.2) is 27.9 Å². The second-order valence-electron chi connectivity index (χ2n) is 9.00. The van der Waals surface area contributed by atoms with Crippen molar-refractivity contribution >= 4 is 28.6 Å². The van der Waals surface area contributed by atoms with Crippen LogP contribution in [0.4, 0.5) is 29.5 Å². The highest BCUT2D eigenvalue weighted by Crippen LogP contribution is 2.43. The third kappa shape index (κ3) is 3.39. The lowest BCUT2D eigenvalue weighted by Gasteiger charge is -2.18. The molecule has 1 saturated heterocycles. The van der Waals surface area contributed by atoms with Gasteiger partial charge in [-0.3, -0.25) is 4.90 Å². The van der Waals surface area contributed by atoms with Crippen molar-refractivity contribution in [3.05, 3.63) is 71.9 Å². The van der Waals surface area contributed by atoms with Gasteiger partial charge in [0.2, 0.25) is 0 Å². The minimum Gasteiger partial charge on any atom is -0.383 e. The molecule has 0 radical (unpaired) electrons. The lowest BCUT2D eigenvalue weighted by atomic mass is 10.0. The van der Waals surface area contributed by atoms with E-state index in [0.29, 0.717) is 39.5 Å². The van der Waals surface area contributed by atoms with E-state index in [2.05, 4.69) is 9.97 Å². The normalized spacial score (nSPS) is 18.2. The number of aromatic nitrogens is 3. The zero-order valence-corrected chi connectivity index (χ0v) is 18.8.